The van der Waals surface area contributed by atoms with E-state index in [1.54, 1.807) is 13.0 Å². The molecule has 0 saturated carbocycles. The largest absolute Gasteiger partial charge is 1.00 e. The molecule has 0 bridgehead atoms. The van der Waals surface area contributed by atoms with Crippen LogP contribution in [0.4, 0.5) is 5.69 Å². The summed E-state index contributed by atoms with van der Waals surface area (Å²) in [5.74, 6) is -1.12. The van der Waals surface area contributed by atoms with E-state index in [2.05, 4.69) is 4.99 Å². The standard InChI is InChI=1S/C11H13NO5S.K/c1-7-3-4-9(10(5-7)18(15,16)17)12-11(14)6-8(2)13;/h3-5H,6H2,1-2H3,(H,12,14)(H,15,16,17);/q;+1/p-1. The summed E-state index contributed by atoms with van der Waals surface area (Å²) in [4.78, 5) is 13.8. The quantitative estimate of drug-likeness (QED) is 0.289. The van der Waals surface area contributed by atoms with Crippen LogP contribution in [0.15, 0.2) is 28.1 Å². The molecule has 1 N–H and O–H groups in total. The van der Waals surface area contributed by atoms with Gasteiger partial charge in [0.15, 0.2) is 0 Å². The van der Waals surface area contributed by atoms with Crippen LogP contribution in [0.25, 0.3) is 0 Å². The molecule has 1 aromatic rings. The smallest absolute Gasteiger partial charge is 0.861 e. The van der Waals surface area contributed by atoms with Gasteiger partial charge in [-0.1, -0.05) is 6.07 Å². The second-order valence-electron chi connectivity index (χ2n) is 3.83. The van der Waals surface area contributed by atoms with E-state index in [4.69, 9.17) is 4.55 Å². The van der Waals surface area contributed by atoms with E-state index < -0.39 is 27.3 Å². The van der Waals surface area contributed by atoms with Crippen LogP contribution in [-0.2, 0) is 14.9 Å². The number of aliphatic imine (C=N–C) groups is 1. The van der Waals surface area contributed by atoms with E-state index >= 15 is 0 Å². The molecule has 0 spiro atoms. The zero-order valence-corrected chi connectivity index (χ0v) is 14.8. The van der Waals surface area contributed by atoms with E-state index in [1.807, 2.05) is 0 Å². The number of aryl methyl sites for hydroxylation is 1. The maximum atomic E-state index is 11.3. The second kappa shape index (κ2) is 7.63. The second-order valence-corrected chi connectivity index (χ2v) is 5.22. The third-order valence-electron chi connectivity index (χ3n) is 2.04. The number of hydrogen-bond acceptors (Lipinski definition) is 5. The number of ketones is 1. The molecule has 6 nitrogen and oxygen atoms in total. The Morgan fingerprint density at radius 3 is 2.47 bits per heavy atom. The van der Waals surface area contributed by atoms with Gasteiger partial charge in [0, 0.05) is 6.42 Å². The fourth-order valence-corrected chi connectivity index (χ4v) is 2.02. The molecule has 8 heteroatoms. The van der Waals surface area contributed by atoms with Crippen LogP contribution in [-0.4, -0.2) is 24.7 Å². The van der Waals surface area contributed by atoms with E-state index in [0.29, 0.717) is 5.56 Å². The normalized spacial score (nSPS) is 11.8. The average molecular weight is 309 g/mol. The van der Waals surface area contributed by atoms with Gasteiger partial charge in [0.25, 0.3) is 10.1 Å². The summed E-state index contributed by atoms with van der Waals surface area (Å²) < 4.78 is 31.3. The van der Waals surface area contributed by atoms with Crippen LogP contribution < -0.4 is 56.5 Å². The van der Waals surface area contributed by atoms with E-state index in [0.717, 1.165) is 0 Å². The minimum Gasteiger partial charge on any atom is -0.861 e. The van der Waals surface area contributed by atoms with Crippen LogP contribution >= 0.6 is 0 Å². The summed E-state index contributed by atoms with van der Waals surface area (Å²) in [6, 6.07) is 4.06. The number of carbonyl (C=O) groups is 1. The molecule has 0 unspecified atom stereocenters. The van der Waals surface area contributed by atoms with Crippen LogP contribution in [0.2, 0.25) is 0 Å². The third kappa shape index (κ3) is 6.26. The number of benzene rings is 1. The van der Waals surface area contributed by atoms with Crippen molar-refractivity contribution in [2.24, 2.45) is 4.99 Å². The van der Waals surface area contributed by atoms with Crippen LogP contribution in [0.5, 0.6) is 0 Å². The minimum absolute atomic E-state index is 0. The van der Waals surface area contributed by atoms with E-state index in [-0.39, 0.29) is 62.9 Å². The van der Waals surface area contributed by atoms with Gasteiger partial charge in [0.05, 0.1) is 5.69 Å². The average Bonchev–Trinajstić information content (AvgIpc) is 2.17. The van der Waals surface area contributed by atoms with Crippen molar-refractivity contribution in [3.8, 4) is 0 Å². The Labute approximate surface area is 154 Å². The van der Waals surface area contributed by atoms with E-state index in [9.17, 15) is 18.3 Å². The van der Waals surface area contributed by atoms with Crippen molar-refractivity contribution in [3.63, 3.8) is 0 Å². The maximum Gasteiger partial charge on any atom is 1.00 e. The molecule has 0 amide bonds. The van der Waals surface area contributed by atoms with Crippen molar-refractivity contribution in [1.82, 2.24) is 0 Å². The van der Waals surface area contributed by atoms with Gasteiger partial charge in [-0.15, -0.1) is 0 Å². The molecule has 19 heavy (non-hydrogen) atoms. The molecule has 0 aliphatic carbocycles. The van der Waals surface area contributed by atoms with Gasteiger partial charge in [-0.3, -0.25) is 14.3 Å². The molecular formula is C11H12KNO5S. The summed E-state index contributed by atoms with van der Waals surface area (Å²) in [6.07, 6.45) is -0.404. The fraction of sp³-hybridized carbons (Fsp3) is 0.273. The van der Waals surface area contributed by atoms with E-state index in [1.165, 1.54) is 19.1 Å². The fourth-order valence-electron chi connectivity index (χ4n) is 1.31. The van der Waals surface area contributed by atoms with Crippen molar-refractivity contribution in [1.29, 1.82) is 0 Å². The first-order valence-corrected chi connectivity index (χ1v) is 6.46. The zero-order chi connectivity index (χ0) is 13.9. The summed E-state index contributed by atoms with van der Waals surface area (Å²) >= 11 is 0. The Bertz CT molecular complexity index is 610. The molecule has 0 aliphatic heterocycles. The number of rotatable bonds is 4. The van der Waals surface area contributed by atoms with Crippen molar-refractivity contribution in [2.75, 3.05) is 0 Å². The Balaban J connectivity index is 0.00000324. The maximum absolute atomic E-state index is 11.3. The number of Topliss-reactive ketones (excluding diaryl/α,β-unsaturated/α-hetero) is 1. The molecule has 0 radical (unpaired) electrons. The van der Waals surface area contributed by atoms with Gasteiger partial charge < -0.3 is 5.11 Å². The molecule has 1 rings (SSSR count). The van der Waals surface area contributed by atoms with Crippen molar-refractivity contribution in [3.05, 3.63) is 23.8 Å². The molecule has 98 valence electrons. The van der Waals surface area contributed by atoms with Gasteiger partial charge >= 0.3 is 51.4 Å². The molecule has 0 saturated heterocycles. The van der Waals surface area contributed by atoms with Crippen LogP contribution in [0.3, 0.4) is 0 Å². The van der Waals surface area contributed by atoms with Crippen molar-refractivity contribution < 1.29 is 74.3 Å². The van der Waals surface area contributed by atoms with Crippen molar-refractivity contribution in [2.45, 2.75) is 25.2 Å². The van der Waals surface area contributed by atoms with Gasteiger partial charge in [-0.05, 0) is 37.4 Å². The molecule has 0 aromatic heterocycles. The first kappa shape index (κ1) is 18.9. The summed E-state index contributed by atoms with van der Waals surface area (Å²) in [5, 5.41) is 11.3. The summed E-state index contributed by atoms with van der Waals surface area (Å²) in [6.45, 7) is 2.86. The van der Waals surface area contributed by atoms with Crippen LogP contribution in [0.1, 0.15) is 18.9 Å². The summed E-state index contributed by atoms with van der Waals surface area (Å²) in [5.41, 5.74) is 0.426. The molecule has 0 heterocycles. The summed E-state index contributed by atoms with van der Waals surface area (Å²) in [7, 11) is -4.46. The molecular weight excluding hydrogens is 297 g/mol. The Hall–Kier alpha value is -0.0936. The Kier molecular flexibility index (Phi) is 7.59. The number of carbonyl (C=O) groups excluding carboxylic acids is 1. The van der Waals surface area contributed by atoms with Gasteiger partial charge in [0.1, 0.15) is 10.7 Å². The first-order valence-electron chi connectivity index (χ1n) is 5.02. The molecule has 0 aliphatic rings. The Morgan fingerprint density at radius 1 is 1.42 bits per heavy atom. The minimum atomic E-state index is -4.46. The van der Waals surface area contributed by atoms with Gasteiger partial charge in [-0.25, -0.2) is 0 Å². The van der Waals surface area contributed by atoms with Crippen molar-refractivity contribution >= 4 is 27.5 Å². The van der Waals surface area contributed by atoms with Gasteiger partial charge in [-0.2, -0.15) is 8.42 Å². The topological polar surface area (TPSA) is 107 Å². The number of nitrogens with zero attached hydrogens (tertiary/aromatic N) is 1. The van der Waals surface area contributed by atoms with Crippen LogP contribution in [0, 0.1) is 6.92 Å². The third-order valence-corrected chi connectivity index (χ3v) is 2.92. The molecule has 1 aromatic carbocycles. The Morgan fingerprint density at radius 2 is 2.00 bits per heavy atom. The zero-order valence-electron chi connectivity index (χ0n) is 10.9. The predicted molar refractivity (Wildman–Crippen MR) is 63.4 cm³/mol. The predicted octanol–water partition coefficient (Wildman–Crippen LogP) is -2.38. The SMILES string of the molecule is CC(=O)CC([O-])=Nc1ccc(C)cc1S(=O)(=O)O.[K+]. The number of hydrogen-bond donors (Lipinski definition) is 1. The molecule has 0 atom stereocenters. The monoisotopic (exact) mass is 309 g/mol. The molecule has 0 fully saturated rings. The van der Waals surface area contributed by atoms with Gasteiger partial charge in [0.2, 0.25) is 0 Å². The first-order chi connectivity index (χ1) is 8.20.